The molecule has 6 heteroatoms. The summed E-state index contributed by atoms with van der Waals surface area (Å²) in [6.45, 7) is 0. The largest absolute Gasteiger partial charge is 0.416 e. The average molecular weight is 255 g/mol. The second kappa shape index (κ2) is 4.64. The van der Waals surface area contributed by atoms with Gasteiger partial charge in [-0.1, -0.05) is 17.3 Å². The molecule has 0 radical (unpaired) electrons. The normalized spacial score (nSPS) is 11.5. The number of rotatable bonds is 3. The molecule has 2 rings (SSSR count). The summed E-state index contributed by atoms with van der Waals surface area (Å²) in [5.41, 5.74) is 0.117. The predicted molar refractivity (Wildman–Crippen MR) is 56.1 cm³/mol. The maximum absolute atomic E-state index is 12.3. The summed E-state index contributed by atoms with van der Waals surface area (Å²) in [5.74, 6) is 0.428. The Morgan fingerprint density at radius 1 is 1.22 bits per heavy atom. The van der Waals surface area contributed by atoms with Crippen molar-refractivity contribution in [3.8, 4) is 0 Å². The van der Waals surface area contributed by atoms with Gasteiger partial charge in [0.05, 0.1) is 5.56 Å². The maximum Gasteiger partial charge on any atom is 0.416 e. The minimum Gasteiger partial charge on any atom is -0.360 e. The maximum atomic E-state index is 12.3. The summed E-state index contributed by atoms with van der Waals surface area (Å²) in [6.07, 6.45) is -3.51. The molecule has 18 heavy (non-hydrogen) atoms. The van der Waals surface area contributed by atoms with Gasteiger partial charge in [-0.2, -0.15) is 13.2 Å². The number of aromatic nitrogens is 1. The van der Waals surface area contributed by atoms with Crippen LogP contribution in [0.3, 0.4) is 0 Å². The molecular formula is C12H8F3NO2. The van der Waals surface area contributed by atoms with Crippen LogP contribution in [-0.2, 0) is 12.6 Å². The third kappa shape index (κ3) is 2.77. The van der Waals surface area contributed by atoms with E-state index < -0.39 is 11.7 Å². The number of aldehydes is 1. The van der Waals surface area contributed by atoms with Gasteiger partial charge in [-0.15, -0.1) is 0 Å². The molecule has 0 saturated carbocycles. The van der Waals surface area contributed by atoms with E-state index in [9.17, 15) is 18.0 Å². The van der Waals surface area contributed by atoms with Gasteiger partial charge in [-0.3, -0.25) is 4.79 Å². The average Bonchev–Trinajstić information content (AvgIpc) is 2.76. The van der Waals surface area contributed by atoms with E-state index in [1.165, 1.54) is 18.2 Å². The molecule has 0 aliphatic heterocycles. The lowest BCUT2D eigenvalue weighted by Crippen LogP contribution is -2.04. The Labute approximate surface area is 100 Å². The van der Waals surface area contributed by atoms with Crippen molar-refractivity contribution < 1.29 is 22.5 Å². The highest BCUT2D eigenvalue weighted by atomic mass is 19.4. The van der Waals surface area contributed by atoms with Crippen LogP contribution in [0.1, 0.15) is 27.4 Å². The Morgan fingerprint density at radius 3 is 2.39 bits per heavy atom. The fraction of sp³-hybridized carbons (Fsp3) is 0.167. The van der Waals surface area contributed by atoms with Gasteiger partial charge in [0.15, 0.2) is 6.29 Å². The zero-order valence-electron chi connectivity index (χ0n) is 9.07. The predicted octanol–water partition coefficient (Wildman–Crippen LogP) is 3.10. The Hall–Kier alpha value is -2.11. The third-order valence-electron chi connectivity index (χ3n) is 2.36. The molecule has 0 aliphatic carbocycles. The standard InChI is InChI=1S/C12H8F3NO2/c13-12(14,15)9-3-1-8(2-4-9)5-11-6-10(7-17)16-18-11/h1-4,6-7H,5H2. The molecule has 94 valence electrons. The van der Waals surface area contributed by atoms with E-state index in [1.807, 2.05) is 0 Å². The summed E-state index contributed by atoms with van der Waals surface area (Å²) in [5, 5.41) is 3.46. The first-order valence-electron chi connectivity index (χ1n) is 5.06. The first-order valence-corrected chi connectivity index (χ1v) is 5.06. The fourth-order valence-corrected chi connectivity index (χ4v) is 1.48. The molecule has 0 N–H and O–H groups in total. The van der Waals surface area contributed by atoms with Crippen LogP contribution in [0.5, 0.6) is 0 Å². The van der Waals surface area contributed by atoms with Gasteiger partial charge in [0, 0.05) is 12.5 Å². The van der Waals surface area contributed by atoms with Crippen LogP contribution in [0, 0.1) is 0 Å². The monoisotopic (exact) mass is 255 g/mol. The van der Waals surface area contributed by atoms with Crippen LogP contribution in [-0.4, -0.2) is 11.4 Å². The van der Waals surface area contributed by atoms with Crippen molar-refractivity contribution in [3.63, 3.8) is 0 Å². The quantitative estimate of drug-likeness (QED) is 0.791. The molecule has 3 nitrogen and oxygen atoms in total. The molecule has 2 aromatic rings. The Morgan fingerprint density at radius 2 is 1.89 bits per heavy atom. The number of benzene rings is 1. The lowest BCUT2D eigenvalue weighted by Gasteiger charge is -2.06. The van der Waals surface area contributed by atoms with Gasteiger partial charge in [-0.05, 0) is 17.7 Å². The number of carbonyl (C=O) groups is 1. The molecule has 0 unspecified atom stereocenters. The molecule has 0 spiro atoms. The number of carbonyl (C=O) groups excluding carboxylic acids is 1. The van der Waals surface area contributed by atoms with Crippen LogP contribution < -0.4 is 0 Å². The molecule has 0 fully saturated rings. The molecule has 0 aliphatic rings. The van der Waals surface area contributed by atoms with Crippen molar-refractivity contribution in [1.82, 2.24) is 5.16 Å². The Kier molecular flexibility index (Phi) is 3.18. The summed E-state index contributed by atoms with van der Waals surface area (Å²) < 4.78 is 41.8. The van der Waals surface area contributed by atoms with Crippen molar-refractivity contribution in [3.05, 3.63) is 52.9 Å². The van der Waals surface area contributed by atoms with Crippen LogP contribution >= 0.6 is 0 Å². The van der Waals surface area contributed by atoms with Crippen molar-refractivity contribution >= 4 is 6.29 Å². The third-order valence-corrected chi connectivity index (χ3v) is 2.36. The Balaban J connectivity index is 2.13. The van der Waals surface area contributed by atoms with E-state index in [0.29, 0.717) is 24.0 Å². The minimum atomic E-state index is -4.34. The van der Waals surface area contributed by atoms with Crippen LogP contribution in [0.2, 0.25) is 0 Å². The summed E-state index contributed by atoms with van der Waals surface area (Å²) in [4.78, 5) is 10.4. The summed E-state index contributed by atoms with van der Waals surface area (Å²) >= 11 is 0. The van der Waals surface area contributed by atoms with Crippen molar-refractivity contribution in [2.24, 2.45) is 0 Å². The molecule has 0 saturated heterocycles. The van der Waals surface area contributed by atoms with Crippen LogP contribution in [0.25, 0.3) is 0 Å². The lowest BCUT2D eigenvalue weighted by molar-refractivity contribution is -0.137. The van der Waals surface area contributed by atoms with E-state index in [2.05, 4.69) is 5.16 Å². The molecule has 1 aromatic carbocycles. The number of halogens is 3. The Bertz CT molecular complexity index is 543. The molecule has 0 bridgehead atoms. The van der Waals surface area contributed by atoms with Gasteiger partial charge in [-0.25, -0.2) is 0 Å². The van der Waals surface area contributed by atoms with E-state index >= 15 is 0 Å². The SMILES string of the molecule is O=Cc1cc(Cc2ccc(C(F)(F)F)cc2)on1. The zero-order valence-corrected chi connectivity index (χ0v) is 9.07. The number of nitrogens with zero attached hydrogens (tertiary/aromatic N) is 1. The van der Waals surface area contributed by atoms with Gasteiger partial charge in [0.2, 0.25) is 0 Å². The topological polar surface area (TPSA) is 43.1 Å². The molecule has 0 amide bonds. The minimum absolute atomic E-state index is 0.164. The zero-order chi connectivity index (χ0) is 13.2. The first-order chi connectivity index (χ1) is 8.49. The van der Waals surface area contributed by atoms with Crippen molar-refractivity contribution in [2.75, 3.05) is 0 Å². The van der Waals surface area contributed by atoms with Gasteiger partial charge in [0.25, 0.3) is 0 Å². The van der Waals surface area contributed by atoms with E-state index in [4.69, 9.17) is 4.52 Å². The van der Waals surface area contributed by atoms with Gasteiger partial charge >= 0.3 is 6.18 Å². The second-order valence-electron chi connectivity index (χ2n) is 3.71. The molecular weight excluding hydrogens is 247 g/mol. The molecule has 1 heterocycles. The number of hydrogen-bond donors (Lipinski definition) is 0. The van der Waals surface area contributed by atoms with Crippen LogP contribution in [0.15, 0.2) is 34.9 Å². The highest BCUT2D eigenvalue weighted by Gasteiger charge is 2.29. The van der Waals surface area contributed by atoms with Crippen LogP contribution in [0.4, 0.5) is 13.2 Å². The highest BCUT2D eigenvalue weighted by Crippen LogP contribution is 2.29. The van der Waals surface area contributed by atoms with Gasteiger partial charge in [0.1, 0.15) is 11.5 Å². The number of alkyl halides is 3. The van der Waals surface area contributed by atoms with E-state index in [1.54, 1.807) is 0 Å². The number of hydrogen-bond acceptors (Lipinski definition) is 3. The second-order valence-corrected chi connectivity index (χ2v) is 3.71. The summed E-state index contributed by atoms with van der Waals surface area (Å²) in [7, 11) is 0. The first kappa shape index (κ1) is 12.3. The van der Waals surface area contributed by atoms with E-state index in [0.717, 1.165) is 12.1 Å². The van der Waals surface area contributed by atoms with Gasteiger partial charge < -0.3 is 4.52 Å². The fourth-order valence-electron chi connectivity index (χ4n) is 1.48. The molecule has 0 atom stereocenters. The highest BCUT2D eigenvalue weighted by molar-refractivity contribution is 5.71. The molecule has 1 aromatic heterocycles. The van der Waals surface area contributed by atoms with Crippen molar-refractivity contribution in [1.29, 1.82) is 0 Å². The van der Waals surface area contributed by atoms with Crippen molar-refractivity contribution in [2.45, 2.75) is 12.6 Å². The van der Waals surface area contributed by atoms with E-state index in [-0.39, 0.29) is 5.69 Å². The summed E-state index contributed by atoms with van der Waals surface area (Å²) in [6, 6.07) is 6.20. The lowest BCUT2D eigenvalue weighted by atomic mass is 10.1. The smallest absolute Gasteiger partial charge is 0.360 e.